The number of rotatable bonds is 5. The van der Waals surface area contributed by atoms with Crippen molar-refractivity contribution in [2.75, 3.05) is 12.4 Å². The van der Waals surface area contributed by atoms with Gasteiger partial charge in [-0.15, -0.1) is 0 Å². The molecule has 0 saturated heterocycles. The number of ether oxygens (including phenoxy) is 1. The predicted molar refractivity (Wildman–Crippen MR) is 66.3 cm³/mol. The minimum atomic E-state index is -0.287. The first kappa shape index (κ1) is 13.2. The van der Waals surface area contributed by atoms with Crippen LogP contribution in [0.25, 0.3) is 0 Å². The summed E-state index contributed by atoms with van der Waals surface area (Å²) in [5.74, 6) is 0.369. The van der Waals surface area contributed by atoms with E-state index in [9.17, 15) is 9.59 Å². The topological polar surface area (TPSA) is 55.4 Å². The van der Waals surface area contributed by atoms with Crippen LogP contribution < -0.4 is 10.1 Å². The summed E-state index contributed by atoms with van der Waals surface area (Å²) in [7, 11) is 1.61. The standard InChI is InChI=1S/C13H17NO3/c1-4-10-8-11(5-6-12(10)17-3)14-13(16)7-9(2)15/h5-6,8H,4,7H2,1-3H3,(H,14,16). The van der Waals surface area contributed by atoms with Crippen molar-refractivity contribution >= 4 is 17.4 Å². The number of anilines is 1. The number of benzene rings is 1. The molecule has 17 heavy (non-hydrogen) atoms. The molecule has 1 rings (SSSR count). The molecule has 4 heteroatoms. The fraction of sp³-hybridized carbons (Fsp3) is 0.385. The summed E-state index contributed by atoms with van der Waals surface area (Å²) >= 11 is 0. The van der Waals surface area contributed by atoms with E-state index in [4.69, 9.17) is 4.74 Å². The van der Waals surface area contributed by atoms with Crippen LogP contribution in [0.5, 0.6) is 5.75 Å². The first-order valence-corrected chi connectivity index (χ1v) is 5.53. The second-order valence-electron chi connectivity index (χ2n) is 3.81. The van der Waals surface area contributed by atoms with Crippen molar-refractivity contribution in [3.8, 4) is 5.75 Å². The molecule has 0 spiro atoms. The SMILES string of the molecule is CCc1cc(NC(=O)CC(C)=O)ccc1OC. The number of ketones is 1. The van der Waals surface area contributed by atoms with E-state index < -0.39 is 0 Å². The summed E-state index contributed by atoms with van der Waals surface area (Å²) in [6, 6.07) is 5.43. The van der Waals surface area contributed by atoms with Crippen molar-refractivity contribution in [1.29, 1.82) is 0 Å². The Morgan fingerprint density at radius 1 is 1.35 bits per heavy atom. The first-order chi connectivity index (χ1) is 8.06. The summed E-state index contributed by atoms with van der Waals surface area (Å²) in [5, 5.41) is 2.68. The molecule has 1 N–H and O–H groups in total. The van der Waals surface area contributed by atoms with Crippen LogP contribution in [-0.4, -0.2) is 18.8 Å². The summed E-state index contributed by atoms with van der Waals surface area (Å²) in [5.41, 5.74) is 1.71. The zero-order chi connectivity index (χ0) is 12.8. The quantitative estimate of drug-likeness (QED) is 0.796. The highest BCUT2D eigenvalue weighted by atomic mass is 16.5. The van der Waals surface area contributed by atoms with Gasteiger partial charge in [-0.25, -0.2) is 0 Å². The molecule has 0 saturated carbocycles. The first-order valence-electron chi connectivity index (χ1n) is 5.53. The molecule has 1 aromatic rings. The Bertz CT molecular complexity index is 427. The minimum absolute atomic E-state index is 0.0898. The number of hydrogen-bond acceptors (Lipinski definition) is 3. The summed E-state index contributed by atoms with van der Waals surface area (Å²) in [6.45, 7) is 3.41. The third kappa shape index (κ3) is 3.90. The van der Waals surface area contributed by atoms with Gasteiger partial charge in [0.15, 0.2) is 0 Å². The highest BCUT2D eigenvalue weighted by molar-refractivity contribution is 6.03. The van der Waals surface area contributed by atoms with Gasteiger partial charge in [-0.2, -0.15) is 0 Å². The molecule has 0 heterocycles. The smallest absolute Gasteiger partial charge is 0.231 e. The number of aryl methyl sites for hydroxylation is 1. The predicted octanol–water partition coefficient (Wildman–Crippen LogP) is 2.18. The van der Waals surface area contributed by atoms with Crippen LogP contribution in [0.4, 0.5) is 5.69 Å². The van der Waals surface area contributed by atoms with Gasteiger partial charge in [0.1, 0.15) is 11.5 Å². The van der Waals surface area contributed by atoms with E-state index in [1.54, 1.807) is 13.2 Å². The maximum absolute atomic E-state index is 11.4. The van der Waals surface area contributed by atoms with Crippen LogP contribution in [0, 0.1) is 0 Å². The molecule has 0 aliphatic heterocycles. The molecule has 92 valence electrons. The Labute approximate surface area is 101 Å². The maximum Gasteiger partial charge on any atom is 0.231 e. The van der Waals surface area contributed by atoms with E-state index in [1.807, 2.05) is 19.1 Å². The molecule has 0 bridgehead atoms. The fourth-order valence-corrected chi connectivity index (χ4v) is 1.56. The van der Waals surface area contributed by atoms with Gasteiger partial charge in [-0.1, -0.05) is 6.92 Å². The van der Waals surface area contributed by atoms with E-state index in [1.165, 1.54) is 6.92 Å². The van der Waals surface area contributed by atoms with Crippen LogP contribution in [0.2, 0.25) is 0 Å². The summed E-state index contributed by atoms with van der Waals surface area (Å²) in [4.78, 5) is 22.2. The molecular weight excluding hydrogens is 218 g/mol. The van der Waals surface area contributed by atoms with E-state index in [2.05, 4.69) is 5.32 Å². The van der Waals surface area contributed by atoms with Gasteiger partial charge in [-0.05, 0) is 37.1 Å². The van der Waals surface area contributed by atoms with Crippen LogP contribution >= 0.6 is 0 Å². The molecule has 0 atom stereocenters. The zero-order valence-corrected chi connectivity index (χ0v) is 10.4. The number of amides is 1. The highest BCUT2D eigenvalue weighted by Gasteiger charge is 2.07. The molecule has 0 aliphatic carbocycles. The third-order valence-corrected chi connectivity index (χ3v) is 2.35. The van der Waals surface area contributed by atoms with Gasteiger partial charge in [0, 0.05) is 5.69 Å². The number of nitrogens with one attached hydrogen (secondary N) is 1. The number of methoxy groups -OCH3 is 1. The monoisotopic (exact) mass is 235 g/mol. The summed E-state index contributed by atoms with van der Waals surface area (Å²) in [6.07, 6.45) is 0.729. The van der Waals surface area contributed by atoms with Crippen molar-refractivity contribution in [1.82, 2.24) is 0 Å². The average Bonchev–Trinajstić information content (AvgIpc) is 2.27. The lowest BCUT2D eigenvalue weighted by Gasteiger charge is -2.10. The van der Waals surface area contributed by atoms with Gasteiger partial charge in [0.05, 0.1) is 13.5 Å². The Kier molecular flexibility index (Phi) is 4.69. The van der Waals surface area contributed by atoms with Crippen molar-refractivity contribution in [2.45, 2.75) is 26.7 Å². The van der Waals surface area contributed by atoms with E-state index in [0.29, 0.717) is 5.69 Å². The van der Waals surface area contributed by atoms with Crippen molar-refractivity contribution in [2.24, 2.45) is 0 Å². The lowest BCUT2D eigenvalue weighted by atomic mass is 10.1. The van der Waals surface area contributed by atoms with Crippen LogP contribution in [0.1, 0.15) is 25.8 Å². The second kappa shape index (κ2) is 6.03. The molecule has 0 radical (unpaired) electrons. The van der Waals surface area contributed by atoms with Crippen molar-refractivity contribution in [3.63, 3.8) is 0 Å². The molecule has 0 aromatic heterocycles. The van der Waals surface area contributed by atoms with Gasteiger partial charge in [-0.3, -0.25) is 9.59 Å². The van der Waals surface area contributed by atoms with Gasteiger partial charge >= 0.3 is 0 Å². The lowest BCUT2D eigenvalue weighted by Crippen LogP contribution is -2.14. The number of Topliss-reactive ketones (excluding diaryl/α,β-unsaturated/α-hetero) is 1. The maximum atomic E-state index is 11.4. The second-order valence-corrected chi connectivity index (χ2v) is 3.81. The number of carbonyl (C=O) groups is 2. The average molecular weight is 235 g/mol. The van der Waals surface area contributed by atoms with E-state index in [0.717, 1.165) is 17.7 Å². The van der Waals surface area contributed by atoms with Gasteiger partial charge < -0.3 is 10.1 Å². The zero-order valence-electron chi connectivity index (χ0n) is 10.4. The molecule has 0 aliphatic rings. The largest absolute Gasteiger partial charge is 0.496 e. The molecule has 0 fully saturated rings. The molecule has 0 unspecified atom stereocenters. The molecule has 1 amide bonds. The third-order valence-electron chi connectivity index (χ3n) is 2.35. The van der Waals surface area contributed by atoms with Gasteiger partial charge in [0.25, 0.3) is 0 Å². The van der Waals surface area contributed by atoms with Crippen molar-refractivity contribution < 1.29 is 14.3 Å². The molecular formula is C13H17NO3. The Morgan fingerprint density at radius 3 is 2.59 bits per heavy atom. The van der Waals surface area contributed by atoms with Crippen molar-refractivity contribution in [3.05, 3.63) is 23.8 Å². The Morgan fingerprint density at radius 2 is 2.06 bits per heavy atom. The summed E-state index contributed by atoms with van der Waals surface area (Å²) < 4.78 is 5.19. The van der Waals surface area contributed by atoms with Crippen LogP contribution in [-0.2, 0) is 16.0 Å². The number of carbonyl (C=O) groups excluding carboxylic acids is 2. The fourth-order valence-electron chi connectivity index (χ4n) is 1.56. The molecule has 1 aromatic carbocycles. The van der Waals surface area contributed by atoms with E-state index in [-0.39, 0.29) is 18.1 Å². The highest BCUT2D eigenvalue weighted by Crippen LogP contribution is 2.23. The number of hydrogen-bond donors (Lipinski definition) is 1. The lowest BCUT2D eigenvalue weighted by molar-refractivity contribution is -0.124. The van der Waals surface area contributed by atoms with Gasteiger partial charge in [0.2, 0.25) is 5.91 Å². The Hall–Kier alpha value is -1.84. The van der Waals surface area contributed by atoms with Crippen LogP contribution in [0.3, 0.4) is 0 Å². The minimum Gasteiger partial charge on any atom is -0.496 e. The van der Waals surface area contributed by atoms with Crippen LogP contribution in [0.15, 0.2) is 18.2 Å². The molecule has 4 nitrogen and oxygen atoms in total. The van der Waals surface area contributed by atoms with E-state index >= 15 is 0 Å². The Balaban J connectivity index is 2.79. The normalized spacial score (nSPS) is 9.82.